The van der Waals surface area contributed by atoms with Crippen molar-refractivity contribution in [2.75, 3.05) is 26.2 Å². The Balaban J connectivity index is 2.19. The summed E-state index contributed by atoms with van der Waals surface area (Å²) in [4.78, 5) is 14.2. The minimum absolute atomic E-state index is 0.0694. The smallest absolute Gasteiger partial charge is 0.154 e. The molecular formula is C10H18N2O. The van der Waals surface area contributed by atoms with Gasteiger partial charge in [0.2, 0.25) is 0 Å². The second-order valence-corrected chi connectivity index (χ2v) is 4.03. The standard InChI is InChI=1S/C10H18N2O/c1-2-12-8-3-9(13)10(12)4-6-11-7-5-10/h11H,2-8H2,1H3. The first-order valence-electron chi connectivity index (χ1n) is 5.29. The molecule has 1 spiro atoms. The van der Waals surface area contributed by atoms with Crippen LogP contribution in [0.1, 0.15) is 26.2 Å². The molecule has 1 N–H and O–H groups in total. The van der Waals surface area contributed by atoms with Crippen LogP contribution in [-0.4, -0.2) is 42.4 Å². The first-order valence-corrected chi connectivity index (χ1v) is 5.29. The molecular weight excluding hydrogens is 164 g/mol. The average molecular weight is 182 g/mol. The van der Waals surface area contributed by atoms with Gasteiger partial charge in [0.05, 0.1) is 5.54 Å². The highest BCUT2D eigenvalue weighted by molar-refractivity contribution is 5.90. The van der Waals surface area contributed by atoms with E-state index in [2.05, 4.69) is 17.1 Å². The van der Waals surface area contributed by atoms with E-state index >= 15 is 0 Å². The monoisotopic (exact) mass is 182 g/mol. The Morgan fingerprint density at radius 3 is 2.77 bits per heavy atom. The Morgan fingerprint density at radius 1 is 1.46 bits per heavy atom. The number of ketones is 1. The predicted octanol–water partition coefficient (Wildman–Crippen LogP) is 0.403. The second-order valence-electron chi connectivity index (χ2n) is 4.03. The SMILES string of the molecule is CCN1CCC(=O)C12CCNCC2. The summed E-state index contributed by atoms with van der Waals surface area (Å²) in [6.07, 6.45) is 2.80. The summed E-state index contributed by atoms with van der Waals surface area (Å²) in [5.41, 5.74) is -0.0694. The van der Waals surface area contributed by atoms with Crippen LogP contribution in [-0.2, 0) is 4.79 Å². The van der Waals surface area contributed by atoms with E-state index in [1.54, 1.807) is 0 Å². The molecule has 2 saturated heterocycles. The molecule has 0 radical (unpaired) electrons. The van der Waals surface area contributed by atoms with E-state index < -0.39 is 0 Å². The maximum atomic E-state index is 11.9. The lowest BCUT2D eigenvalue weighted by Crippen LogP contribution is -2.54. The first kappa shape index (κ1) is 9.16. The fraction of sp³-hybridized carbons (Fsp3) is 0.900. The molecule has 0 saturated carbocycles. The number of likely N-dealkylation sites (N-methyl/N-ethyl adjacent to an activating group) is 1. The number of carbonyl (C=O) groups excluding carboxylic acids is 1. The molecule has 2 rings (SSSR count). The third kappa shape index (κ3) is 1.30. The maximum absolute atomic E-state index is 11.9. The molecule has 0 atom stereocenters. The lowest BCUT2D eigenvalue weighted by Gasteiger charge is -2.39. The summed E-state index contributed by atoms with van der Waals surface area (Å²) in [7, 11) is 0. The largest absolute Gasteiger partial charge is 0.317 e. The van der Waals surface area contributed by atoms with Crippen molar-refractivity contribution in [3.8, 4) is 0 Å². The van der Waals surface area contributed by atoms with Crippen LogP contribution in [0.5, 0.6) is 0 Å². The van der Waals surface area contributed by atoms with Gasteiger partial charge < -0.3 is 5.32 Å². The van der Waals surface area contributed by atoms with E-state index in [-0.39, 0.29) is 5.54 Å². The van der Waals surface area contributed by atoms with Gasteiger partial charge in [0.1, 0.15) is 0 Å². The highest BCUT2D eigenvalue weighted by Crippen LogP contribution is 2.33. The Kier molecular flexibility index (Phi) is 2.39. The number of hydrogen-bond donors (Lipinski definition) is 1. The number of hydrogen-bond acceptors (Lipinski definition) is 3. The number of likely N-dealkylation sites (tertiary alicyclic amines) is 1. The van der Waals surface area contributed by atoms with Crippen molar-refractivity contribution in [2.24, 2.45) is 0 Å². The van der Waals surface area contributed by atoms with Gasteiger partial charge in [-0.3, -0.25) is 9.69 Å². The van der Waals surface area contributed by atoms with Crippen molar-refractivity contribution in [1.82, 2.24) is 10.2 Å². The zero-order valence-corrected chi connectivity index (χ0v) is 8.31. The van der Waals surface area contributed by atoms with E-state index in [1.165, 1.54) is 0 Å². The van der Waals surface area contributed by atoms with Crippen molar-refractivity contribution in [1.29, 1.82) is 0 Å². The normalized spacial score (nSPS) is 28.5. The minimum atomic E-state index is -0.0694. The molecule has 2 heterocycles. The van der Waals surface area contributed by atoms with Gasteiger partial charge in [-0.25, -0.2) is 0 Å². The van der Waals surface area contributed by atoms with Gasteiger partial charge in [-0.15, -0.1) is 0 Å². The summed E-state index contributed by atoms with van der Waals surface area (Å²) < 4.78 is 0. The van der Waals surface area contributed by atoms with E-state index in [0.717, 1.165) is 45.4 Å². The summed E-state index contributed by atoms with van der Waals surface area (Å²) >= 11 is 0. The van der Waals surface area contributed by atoms with Crippen molar-refractivity contribution >= 4 is 5.78 Å². The van der Waals surface area contributed by atoms with Crippen molar-refractivity contribution < 1.29 is 4.79 Å². The van der Waals surface area contributed by atoms with Crippen LogP contribution in [0.4, 0.5) is 0 Å². The topological polar surface area (TPSA) is 32.3 Å². The number of carbonyl (C=O) groups is 1. The molecule has 2 fully saturated rings. The van der Waals surface area contributed by atoms with Crippen molar-refractivity contribution in [2.45, 2.75) is 31.7 Å². The van der Waals surface area contributed by atoms with E-state index in [4.69, 9.17) is 0 Å². The summed E-state index contributed by atoms with van der Waals surface area (Å²) in [6, 6.07) is 0. The maximum Gasteiger partial charge on any atom is 0.154 e. The van der Waals surface area contributed by atoms with Gasteiger partial charge in [-0.05, 0) is 32.5 Å². The Morgan fingerprint density at radius 2 is 2.15 bits per heavy atom. The number of nitrogens with one attached hydrogen (secondary N) is 1. The van der Waals surface area contributed by atoms with E-state index in [1.807, 2.05) is 0 Å². The summed E-state index contributed by atoms with van der Waals surface area (Å²) in [5, 5.41) is 3.32. The molecule has 0 unspecified atom stereocenters. The quantitative estimate of drug-likeness (QED) is 0.637. The Bertz CT molecular complexity index is 209. The lowest BCUT2D eigenvalue weighted by molar-refractivity contribution is -0.126. The van der Waals surface area contributed by atoms with Gasteiger partial charge in [0.25, 0.3) is 0 Å². The molecule has 74 valence electrons. The summed E-state index contributed by atoms with van der Waals surface area (Å²) in [6.45, 7) is 6.16. The molecule has 2 aliphatic rings. The molecule has 3 heteroatoms. The van der Waals surface area contributed by atoms with Gasteiger partial charge in [-0.1, -0.05) is 6.92 Å². The Labute approximate surface area is 79.5 Å². The van der Waals surface area contributed by atoms with Crippen LogP contribution in [0.3, 0.4) is 0 Å². The zero-order valence-electron chi connectivity index (χ0n) is 8.31. The highest BCUT2D eigenvalue weighted by atomic mass is 16.1. The van der Waals surface area contributed by atoms with E-state index in [9.17, 15) is 4.79 Å². The fourth-order valence-electron chi connectivity index (χ4n) is 2.76. The highest BCUT2D eigenvalue weighted by Gasteiger charge is 2.47. The lowest BCUT2D eigenvalue weighted by atomic mass is 9.85. The molecule has 0 aromatic heterocycles. The molecule has 0 aliphatic carbocycles. The van der Waals surface area contributed by atoms with Gasteiger partial charge in [-0.2, -0.15) is 0 Å². The third-order valence-electron chi connectivity index (χ3n) is 3.55. The number of nitrogens with zero attached hydrogens (tertiary/aromatic N) is 1. The molecule has 0 bridgehead atoms. The van der Waals surface area contributed by atoms with Crippen molar-refractivity contribution in [3.63, 3.8) is 0 Å². The summed E-state index contributed by atoms with van der Waals surface area (Å²) in [5.74, 6) is 0.482. The molecule has 0 aromatic carbocycles. The zero-order chi connectivity index (χ0) is 9.31. The fourth-order valence-corrected chi connectivity index (χ4v) is 2.76. The van der Waals surface area contributed by atoms with Crippen LogP contribution < -0.4 is 5.32 Å². The van der Waals surface area contributed by atoms with Crippen molar-refractivity contribution in [3.05, 3.63) is 0 Å². The van der Waals surface area contributed by atoms with Crippen LogP contribution in [0.2, 0.25) is 0 Å². The molecule has 2 aliphatic heterocycles. The molecule has 0 aromatic rings. The van der Waals surface area contributed by atoms with Gasteiger partial charge in [0, 0.05) is 13.0 Å². The molecule has 13 heavy (non-hydrogen) atoms. The van der Waals surface area contributed by atoms with Crippen LogP contribution in [0, 0.1) is 0 Å². The number of rotatable bonds is 1. The van der Waals surface area contributed by atoms with Crippen LogP contribution >= 0.6 is 0 Å². The van der Waals surface area contributed by atoms with Crippen LogP contribution in [0.15, 0.2) is 0 Å². The van der Waals surface area contributed by atoms with Crippen LogP contribution in [0.25, 0.3) is 0 Å². The minimum Gasteiger partial charge on any atom is -0.317 e. The molecule has 0 amide bonds. The predicted molar refractivity (Wildman–Crippen MR) is 51.7 cm³/mol. The van der Waals surface area contributed by atoms with Gasteiger partial charge >= 0.3 is 0 Å². The third-order valence-corrected chi connectivity index (χ3v) is 3.55. The Hall–Kier alpha value is -0.410. The molecule has 3 nitrogen and oxygen atoms in total. The van der Waals surface area contributed by atoms with E-state index in [0.29, 0.717) is 5.78 Å². The number of piperidine rings is 1. The average Bonchev–Trinajstić information content (AvgIpc) is 2.46. The first-order chi connectivity index (χ1) is 6.29. The van der Waals surface area contributed by atoms with Gasteiger partial charge in [0.15, 0.2) is 5.78 Å². The second kappa shape index (κ2) is 3.39. The number of Topliss-reactive ketones (excluding diaryl/α,β-unsaturated/α-hetero) is 1.